The Kier molecular flexibility index (Phi) is 2.81. The van der Waals surface area contributed by atoms with Gasteiger partial charge in [0.1, 0.15) is 11.6 Å². The molecule has 0 fully saturated rings. The van der Waals surface area contributed by atoms with Crippen molar-refractivity contribution in [2.45, 2.75) is 12.0 Å². The van der Waals surface area contributed by atoms with E-state index in [1.54, 1.807) is 24.3 Å². The number of benzene rings is 1. The monoisotopic (exact) mass is 236 g/mol. The molecule has 1 aromatic carbocycles. The van der Waals surface area contributed by atoms with Gasteiger partial charge in [-0.25, -0.2) is 9.38 Å². The first-order valence-electron chi connectivity index (χ1n) is 5.03. The lowest BCUT2D eigenvalue weighted by molar-refractivity contribution is 0.355. The van der Waals surface area contributed by atoms with E-state index in [9.17, 15) is 4.39 Å². The van der Waals surface area contributed by atoms with E-state index in [0.717, 1.165) is 6.21 Å². The average Bonchev–Trinajstić information content (AvgIpc) is 2.34. The first-order valence-corrected chi connectivity index (χ1v) is 5.03. The van der Waals surface area contributed by atoms with Crippen LogP contribution in [-0.4, -0.2) is 25.4 Å². The molecule has 1 heterocycles. The smallest absolute Gasteiger partial charge is 0.226 e. The van der Waals surface area contributed by atoms with Crippen LogP contribution >= 0.6 is 0 Å². The predicted octanol–water partition coefficient (Wildman–Crippen LogP) is 0.544. The topological polar surface area (TPSA) is 86.0 Å². The zero-order chi connectivity index (χ0) is 12.5. The van der Waals surface area contributed by atoms with Crippen molar-refractivity contribution in [1.82, 2.24) is 0 Å². The van der Waals surface area contributed by atoms with Crippen molar-refractivity contribution in [3.63, 3.8) is 0 Å². The Balaban J connectivity index is 2.38. The van der Waals surface area contributed by atoms with Gasteiger partial charge in [-0.2, -0.15) is 0 Å². The second-order valence-corrected chi connectivity index (χ2v) is 3.65. The fraction of sp³-hybridized carbons (Fsp3) is 0.273. The Labute approximate surface area is 98.0 Å². The molecule has 17 heavy (non-hydrogen) atoms. The fourth-order valence-electron chi connectivity index (χ4n) is 1.57. The van der Waals surface area contributed by atoms with Crippen LogP contribution in [0.15, 0.2) is 34.3 Å². The molecule has 0 bridgehead atoms. The van der Waals surface area contributed by atoms with Crippen LogP contribution in [0.3, 0.4) is 0 Å². The molecule has 4 N–H and O–H groups in total. The van der Waals surface area contributed by atoms with Gasteiger partial charge in [-0.15, -0.1) is 0 Å². The maximum Gasteiger partial charge on any atom is 0.226 e. The molecule has 6 heteroatoms. The maximum atomic E-state index is 14.6. The molecular formula is C11H13FN4O. The van der Waals surface area contributed by atoms with E-state index < -0.39 is 12.0 Å². The van der Waals surface area contributed by atoms with Gasteiger partial charge in [0, 0.05) is 5.56 Å². The lowest BCUT2D eigenvalue weighted by Crippen LogP contribution is -2.44. The third-order valence-electron chi connectivity index (χ3n) is 2.56. The number of nitrogens with two attached hydrogens (primary N) is 2. The van der Waals surface area contributed by atoms with Crippen molar-refractivity contribution < 1.29 is 9.13 Å². The van der Waals surface area contributed by atoms with Gasteiger partial charge in [-0.3, -0.25) is 10.7 Å². The van der Waals surface area contributed by atoms with E-state index in [1.807, 2.05) is 0 Å². The van der Waals surface area contributed by atoms with Crippen molar-refractivity contribution >= 4 is 12.1 Å². The van der Waals surface area contributed by atoms with E-state index >= 15 is 0 Å². The summed E-state index contributed by atoms with van der Waals surface area (Å²) in [4.78, 5) is 7.45. The Hall–Kier alpha value is -1.95. The highest BCUT2D eigenvalue weighted by Crippen LogP contribution is 2.28. The molecule has 0 aromatic heterocycles. The molecule has 0 spiro atoms. The number of nitrogens with zero attached hydrogens (tertiary/aromatic N) is 2. The summed E-state index contributed by atoms with van der Waals surface area (Å²) in [5, 5.41) is 0. The number of hydrogen-bond donors (Lipinski definition) is 2. The summed E-state index contributed by atoms with van der Waals surface area (Å²) < 4.78 is 19.6. The van der Waals surface area contributed by atoms with Gasteiger partial charge < -0.3 is 10.5 Å². The lowest BCUT2D eigenvalue weighted by atomic mass is 9.95. The molecule has 2 rings (SSSR count). The number of amidine groups is 1. The van der Waals surface area contributed by atoms with Crippen LogP contribution in [0, 0.1) is 0 Å². The van der Waals surface area contributed by atoms with E-state index in [2.05, 4.69) is 9.98 Å². The summed E-state index contributed by atoms with van der Waals surface area (Å²) >= 11 is 0. The molecule has 90 valence electrons. The summed E-state index contributed by atoms with van der Waals surface area (Å²) in [6.45, 7) is 0. The number of hydrogen-bond acceptors (Lipinski definition) is 5. The molecule has 0 saturated carbocycles. The first-order chi connectivity index (χ1) is 8.06. The number of methoxy groups -OCH3 is 1. The van der Waals surface area contributed by atoms with Crippen LogP contribution in [0.5, 0.6) is 5.75 Å². The zero-order valence-electron chi connectivity index (χ0n) is 9.30. The SMILES string of the molecule is COc1ccc(C2(F)C=NC(N)N=C2N)cc1. The minimum atomic E-state index is -2.00. The molecule has 1 aliphatic heterocycles. The normalized spacial score (nSPS) is 27.7. The summed E-state index contributed by atoms with van der Waals surface area (Å²) in [7, 11) is 1.54. The van der Waals surface area contributed by atoms with Gasteiger partial charge in [0.05, 0.1) is 13.3 Å². The largest absolute Gasteiger partial charge is 0.497 e. The Bertz CT molecular complexity index is 471. The van der Waals surface area contributed by atoms with Crippen LogP contribution in [0.4, 0.5) is 4.39 Å². The second-order valence-electron chi connectivity index (χ2n) is 3.65. The van der Waals surface area contributed by atoms with Crippen LogP contribution in [-0.2, 0) is 5.67 Å². The summed E-state index contributed by atoms with van der Waals surface area (Å²) in [6.07, 6.45) is 0.263. The van der Waals surface area contributed by atoms with E-state index in [0.29, 0.717) is 11.3 Å². The van der Waals surface area contributed by atoms with Crippen molar-refractivity contribution in [2.75, 3.05) is 7.11 Å². The van der Waals surface area contributed by atoms with Crippen molar-refractivity contribution in [3.05, 3.63) is 29.8 Å². The van der Waals surface area contributed by atoms with Crippen molar-refractivity contribution in [2.24, 2.45) is 21.5 Å². The highest BCUT2D eigenvalue weighted by molar-refractivity contribution is 6.06. The highest BCUT2D eigenvalue weighted by atomic mass is 19.1. The Morgan fingerprint density at radius 1 is 1.35 bits per heavy atom. The minimum absolute atomic E-state index is 0.190. The van der Waals surface area contributed by atoms with Gasteiger partial charge >= 0.3 is 0 Å². The van der Waals surface area contributed by atoms with Gasteiger partial charge in [-0.05, 0) is 12.1 Å². The Morgan fingerprint density at radius 3 is 2.53 bits per heavy atom. The number of ether oxygens (including phenoxy) is 1. The maximum absolute atomic E-state index is 14.6. The molecule has 2 atom stereocenters. The predicted molar refractivity (Wildman–Crippen MR) is 63.9 cm³/mol. The van der Waals surface area contributed by atoms with E-state index in [-0.39, 0.29) is 5.84 Å². The van der Waals surface area contributed by atoms with Crippen LogP contribution in [0.25, 0.3) is 0 Å². The van der Waals surface area contributed by atoms with Gasteiger partial charge in [0.25, 0.3) is 0 Å². The number of halogens is 1. The lowest BCUT2D eigenvalue weighted by Gasteiger charge is -2.25. The number of alkyl halides is 1. The van der Waals surface area contributed by atoms with Crippen LogP contribution in [0.1, 0.15) is 5.56 Å². The van der Waals surface area contributed by atoms with E-state index in [4.69, 9.17) is 16.2 Å². The molecular weight excluding hydrogens is 223 g/mol. The Morgan fingerprint density at radius 2 is 2.00 bits per heavy atom. The molecule has 1 aliphatic rings. The van der Waals surface area contributed by atoms with E-state index in [1.165, 1.54) is 7.11 Å². The average molecular weight is 236 g/mol. The molecule has 2 unspecified atom stereocenters. The fourth-order valence-corrected chi connectivity index (χ4v) is 1.57. The van der Waals surface area contributed by atoms with Gasteiger partial charge in [-0.1, -0.05) is 12.1 Å². The molecule has 5 nitrogen and oxygen atoms in total. The molecule has 0 radical (unpaired) electrons. The van der Waals surface area contributed by atoms with Crippen LogP contribution in [0.2, 0.25) is 0 Å². The molecule has 0 amide bonds. The quantitative estimate of drug-likeness (QED) is 0.786. The van der Waals surface area contributed by atoms with Gasteiger partial charge in [0.15, 0.2) is 6.29 Å². The van der Waals surface area contributed by atoms with Gasteiger partial charge in [0.2, 0.25) is 5.67 Å². The third kappa shape index (κ3) is 1.99. The van der Waals surface area contributed by atoms with Crippen molar-refractivity contribution in [1.29, 1.82) is 0 Å². The number of aliphatic imine (C=N–C) groups is 2. The summed E-state index contributed by atoms with van der Waals surface area (Å²) in [5.41, 5.74) is 9.34. The van der Waals surface area contributed by atoms with Crippen molar-refractivity contribution in [3.8, 4) is 5.75 Å². The molecule has 0 aliphatic carbocycles. The summed E-state index contributed by atoms with van der Waals surface area (Å²) in [6, 6.07) is 6.44. The molecule has 0 saturated heterocycles. The highest BCUT2D eigenvalue weighted by Gasteiger charge is 2.37. The second kappa shape index (κ2) is 4.14. The number of rotatable bonds is 2. The molecule has 1 aromatic rings. The standard InChI is InChI=1S/C11H13FN4O/c1-17-8-4-2-7(3-5-8)11(12)6-15-10(14)16-9(11)13/h2-6,10H,14H2,1H3,(H2,13,16). The first kappa shape index (κ1) is 11.5. The zero-order valence-corrected chi connectivity index (χ0v) is 9.30. The summed E-state index contributed by atoms with van der Waals surface area (Å²) in [5.74, 6) is 0.447. The minimum Gasteiger partial charge on any atom is -0.497 e. The third-order valence-corrected chi connectivity index (χ3v) is 2.56. The van der Waals surface area contributed by atoms with Crippen LogP contribution < -0.4 is 16.2 Å².